The van der Waals surface area contributed by atoms with Gasteiger partial charge in [0, 0.05) is 0 Å². The van der Waals surface area contributed by atoms with Crippen LogP contribution >= 0.6 is 27.5 Å². The number of hydrogen-bond acceptors (Lipinski definition) is 7. The quantitative estimate of drug-likeness (QED) is 0.241. The topological polar surface area (TPSA) is 115 Å². The molecule has 0 heterocycles. The van der Waals surface area contributed by atoms with E-state index in [1.54, 1.807) is 57.2 Å². The summed E-state index contributed by atoms with van der Waals surface area (Å²) in [6.45, 7) is 5.29. The van der Waals surface area contributed by atoms with Crippen molar-refractivity contribution in [2.24, 2.45) is 11.0 Å². The first-order chi connectivity index (χ1) is 16.7. The fraction of sp³-hybridized carbons (Fsp3) is 0.333. The highest BCUT2D eigenvalue weighted by Crippen LogP contribution is 2.36. The van der Waals surface area contributed by atoms with Crippen molar-refractivity contribution in [1.82, 2.24) is 10.7 Å². The van der Waals surface area contributed by atoms with E-state index in [0.29, 0.717) is 26.6 Å². The monoisotopic (exact) mass is 567 g/mol. The first kappa shape index (κ1) is 28.1. The number of benzene rings is 2. The maximum absolute atomic E-state index is 12.7. The summed E-state index contributed by atoms with van der Waals surface area (Å²) in [6, 6.07) is 9.05. The number of ether oxygens (including phenoxy) is 3. The van der Waals surface area contributed by atoms with Crippen LogP contribution in [-0.2, 0) is 14.3 Å². The third kappa shape index (κ3) is 8.25. The normalized spacial score (nSPS) is 11.7. The van der Waals surface area contributed by atoms with Crippen LogP contribution in [0.4, 0.5) is 0 Å². The minimum Gasteiger partial charge on any atom is -0.493 e. The molecule has 9 nitrogen and oxygen atoms in total. The molecule has 0 aromatic heterocycles. The van der Waals surface area contributed by atoms with Crippen LogP contribution < -0.4 is 20.2 Å². The Balaban J connectivity index is 2.08. The highest BCUT2D eigenvalue weighted by molar-refractivity contribution is 9.10. The smallest absolute Gasteiger partial charge is 0.344 e. The van der Waals surface area contributed by atoms with Gasteiger partial charge < -0.3 is 19.5 Å². The molecule has 0 aliphatic heterocycles. The lowest BCUT2D eigenvalue weighted by Gasteiger charge is -2.20. The predicted octanol–water partition coefficient (Wildman–Crippen LogP) is 3.96. The van der Waals surface area contributed by atoms with E-state index in [9.17, 15) is 14.4 Å². The van der Waals surface area contributed by atoms with E-state index in [4.69, 9.17) is 25.8 Å². The lowest BCUT2D eigenvalue weighted by atomic mass is 10.0. The number of amides is 2. The number of nitrogens with one attached hydrogen (secondary N) is 2. The van der Waals surface area contributed by atoms with Gasteiger partial charge in [-0.1, -0.05) is 37.6 Å². The standard InChI is InChI=1S/C24H27BrClN3O6/c1-5-34-20(30)13-35-22-17(25)10-15(11-19(22)33-4)12-27-29-24(32)21(14(2)3)28-23(31)16-8-6-7-9-18(16)26/h6-12,14,21H,5,13H2,1-4H3,(H,28,31)(H,29,32)/b27-12+. The molecule has 188 valence electrons. The average molecular weight is 569 g/mol. The van der Waals surface area contributed by atoms with Crippen molar-refractivity contribution in [2.75, 3.05) is 20.3 Å². The summed E-state index contributed by atoms with van der Waals surface area (Å²) in [5, 5.41) is 6.98. The summed E-state index contributed by atoms with van der Waals surface area (Å²) < 4.78 is 16.2. The molecule has 0 aliphatic carbocycles. The number of halogens is 2. The molecule has 0 radical (unpaired) electrons. The van der Waals surface area contributed by atoms with Crippen molar-refractivity contribution < 1.29 is 28.6 Å². The van der Waals surface area contributed by atoms with Crippen molar-refractivity contribution in [1.29, 1.82) is 0 Å². The highest BCUT2D eigenvalue weighted by Gasteiger charge is 2.25. The minimum absolute atomic E-state index is 0.207. The highest BCUT2D eigenvalue weighted by atomic mass is 79.9. The number of carbonyl (C=O) groups excluding carboxylic acids is 3. The van der Waals surface area contributed by atoms with Gasteiger partial charge in [0.25, 0.3) is 11.8 Å². The summed E-state index contributed by atoms with van der Waals surface area (Å²) in [5.41, 5.74) is 3.30. The summed E-state index contributed by atoms with van der Waals surface area (Å²) >= 11 is 9.46. The first-order valence-corrected chi connectivity index (χ1v) is 11.9. The van der Waals surface area contributed by atoms with E-state index < -0.39 is 23.8 Å². The Hall–Kier alpha value is -3.11. The van der Waals surface area contributed by atoms with Crippen molar-refractivity contribution in [3.63, 3.8) is 0 Å². The number of esters is 1. The SMILES string of the molecule is CCOC(=O)COc1c(Br)cc(/C=N/NC(=O)C(NC(=O)c2ccccc2Cl)C(C)C)cc1OC. The van der Waals surface area contributed by atoms with E-state index in [2.05, 4.69) is 31.8 Å². The largest absolute Gasteiger partial charge is 0.493 e. The number of methoxy groups -OCH3 is 1. The Kier molecular flexibility index (Phi) is 11.0. The molecule has 0 fully saturated rings. The fourth-order valence-corrected chi connectivity index (χ4v) is 3.72. The van der Waals surface area contributed by atoms with Crippen molar-refractivity contribution in [3.05, 3.63) is 57.0 Å². The van der Waals surface area contributed by atoms with Gasteiger partial charge in [0.1, 0.15) is 6.04 Å². The van der Waals surface area contributed by atoms with Gasteiger partial charge in [-0.05, 0) is 58.6 Å². The Labute approximate surface area is 217 Å². The van der Waals surface area contributed by atoms with E-state index >= 15 is 0 Å². The number of hydrogen-bond donors (Lipinski definition) is 2. The van der Waals surface area contributed by atoms with Gasteiger partial charge in [0.05, 0.1) is 35.0 Å². The molecule has 1 unspecified atom stereocenters. The summed E-state index contributed by atoms with van der Waals surface area (Å²) in [4.78, 5) is 36.8. The predicted molar refractivity (Wildman–Crippen MR) is 136 cm³/mol. The molecule has 35 heavy (non-hydrogen) atoms. The molecule has 2 N–H and O–H groups in total. The summed E-state index contributed by atoms with van der Waals surface area (Å²) in [6.07, 6.45) is 1.41. The second-order valence-electron chi connectivity index (χ2n) is 7.54. The fourth-order valence-electron chi connectivity index (χ4n) is 2.93. The third-order valence-electron chi connectivity index (χ3n) is 4.63. The molecule has 2 aromatic carbocycles. The second kappa shape index (κ2) is 13.7. The van der Waals surface area contributed by atoms with Crippen molar-refractivity contribution in [2.45, 2.75) is 26.8 Å². The van der Waals surface area contributed by atoms with Crippen LogP contribution in [0.5, 0.6) is 11.5 Å². The van der Waals surface area contributed by atoms with Gasteiger partial charge in [-0.25, -0.2) is 10.2 Å². The van der Waals surface area contributed by atoms with Gasteiger partial charge in [-0.15, -0.1) is 0 Å². The van der Waals surface area contributed by atoms with Crippen molar-refractivity contribution in [3.8, 4) is 11.5 Å². The van der Waals surface area contributed by atoms with Crippen LogP contribution in [0.2, 0.25) is 5.02 Å². The molecule has 2 aromatic rings. The Morgan fingerprint density at radius 1 is 1.20 bits per heavy atom. The molecule has 0 aliphatic rings. The average Bonchev–Trinajstić information content (AvgIpc) is 2.81. The lowest BCUT2D eigenvalue weighted by Crippen LogP contribution is -2.48. The van der Waals surface area contributed by atoms with Crippen molar-refractivity contribution >= 4 is 51.5 Å². The maximum atomic E-state index is 12.7. The van der Waals surface area contributed by atoms with Crippen LogP contribution in [0.15, 0.2) is 46.0 Å². The zero-order chi connectivity index (χ0) is 26.0. The summed E-state index contributed by atoms with van der Waals surface area (Å²) in [7, 11) is 1.45. The van der Waals surface area contributed by atoms with Gasteiger partial charge in [-0.3, -0.25) is 9.59 Å². The molecule has 2 amide bonds. The number of rotatable bonds is 11. The number of carbonyl (C=O) groups is 3. The van der Waals surface area contributed by atoms with Crippen LogP contribution in [0, 0.1) is 5.92 Å². The molecule has 0 spiro atoms. The maximum Gasteiger partial charge on any atom is 0.344 e. The van der Waals surface area contributed by atoms with Gasteiger partial charge >= 0.3 is 5.97 Å². The Morgan fingerprint density at radius 2 is 1.91 bits per heavy atom. The molecular formula is C24H27BrClN3O6. The van der Waals surface area contributed by atoms with E-state index in [1.165, 1.54) is 13.3 Å². The molecule has 11 heteroatoms. The zero-order valence-corrected chi connectivity index (χ0v) is 22.1. The van der Waals surface area contributed by atoms with Crippen LogP contribution in [0.1, 0.15) is 36.7 Å². The van der Waals surface area contributed by atoms with Crippen LogP contribution in [-0.4, -0.2) is 50.4 Å². The minimum atomic E-state index is -0.837. The number of hydrazone groups is 1. The third-order valence-corrected chi connectivity index (χ3v) is 5.55. The molecule has 0 saturated heterocycles. The molecule has 2 rings (SSSR count). The molecule has 1 atom stereocenters. The van der Waals surface area contributed by atoms with E-state index in [0.717, 1.165) is 0 Å². The summed E-state index contributed by atoms with van der Waals surface area (Å²) in [5.74, 6) is -0.983. The first-order valence-electron chi connectivity index (χ1n) is 10.7. The van der Waals surface area contributed by atoms with Gasteiger partial charge in [0.2, 0.25) is 0 Å². The zero-order valence-electron chi connectivity index (χ0n) is 19.8. The number of nitrogens with zero attached hydrogens (tertiary/aromatic N) is 1. The Bertz CT molecular complexity index is 1090. The Morgan fingerprint density at radius 3 is 2.54 bits per heavy atom. The lowest BCUT2D eigenvalue weighted by molar-refractivity contribution is -0.145. The van der Waals surface area contributed by atoms with Gasteiger partial charge in [0.15, 0.2) is 18.1 Å². The van der Waals surface area contributed by atoms with Gasteiger partial charge in [-0.2, -0.15) is 5.10 Å². The second-order valence-corrected chi connectivity index (χ2v) is 8.80. The van der Waals surface area contributed by atoms with Crippen LogP contribution in [0.3, 0.4) is 0 Å². The van der Waals surface area contributed by atoms with Crippen LogP contribution in [0.25, 0.3) is 0 Å². The van der Waals surface area contributed by atoms with E-state index in [1.807, 2.05) is 0 Å². The van der Waals surface area contributed by atoms with E-state index in [-0.39, 0.29) is 24.7 Å². The molecular weight excluding hydrogens is 542 g/mol. The molecule has 0 bridgehead atoms. The molecule has 0 saturated carbocycles.